The summed E-state index contributed by atoms with van der Waals surface area (Å²) in [5.74, 6) is 0.493. The first-order valence-corrected chi connectivity index (χ1v) is 8.50. The van der Waals surface area contributed by atoms with E-state index in [1.807, 2.05) is 4.90 Å². The molecule has 1 fully saturated rings. The maximum absolute atomic E-state index is 12.1. The maximum atomic E-state index is 12.1. The quantitative estimate of drug-likeness (QED) is 0.694. The van der Waals surface area contributed by atoms with Crippen LogP contribution in [0.5, 0.6) is 0 Å². The summed E-state index contributed by atoms with van der Waals surface area (Å²) >= 11 is 0. The Balaban J connectivity index is 1.80. The van der Waals surface area contributed by atoms with Gasteiger partial charge in [0.15, 0.2) is 5.84 Å². The summed E-state index contributed by atoms with van der Waals surface area (Å²) in [6.45, 7) is 2.25. The number of rotatable bonds is 0. The highest BCUT2D eigenvalue weighted by atomic mass is 32.2. The van der Waals surface area contributed by atoms with Gasteiger partial charge in [0.2, 0.25) is 0 Å². The molecule has 0 aromatic heterocycles. The van der Waals surface area contributed by atoms with E-state index >= 15 is 0 Å². The van der Waals surface area contributed by atoms with Crippen LogP contribution in [0, 0.1) is 0 Å². The molecule has 22 heavy (non-hydrogen) atoms. The standard InChI is InChI=1S/C14H18N4O3S/c1-16(2)14(19)18-9-7-17(8-10-18)13-11-5-3-4-6-12(11)22(20,21)15-13/h3-6H,7-10H2,1-2H3. The number of amidine groups is 1. The van der Waals surface area contributed by atoms with Crippen molar-refractivity contribution in [1.29, 1.82) is 0 Å². The highest BCUT2D eigenvalue weighted by Gasteiger charge is 2.33. The lowest BCUT2D eigenvalue weighted by Crippen LogP contribution is -2.52. The van der Waals surface area contributed by atoms with Gasteiger partial charge in [0.25, 0.3) is 10.0 Å². The van der Waals surface area contributed by atoms with Crippen molar-refractivity contribution in [2.45, 2.75) is 4.90 Å². The molecule has 2 aliphatic heterocycles. The second kappa shape index (κ2) is 5.28. The number of hydrogen-bond acceptors (Lipinski definition) is 4. The van der Waals surface area contributed by atoms with Crippen molar-refractivity contribution >= 4 is 21.9 Å². The summed E-state index contributed by atoms with van der Waals surface area (Å²) in [7, 11) is -0.148. The van der Waals surface area contributed by atoms with Crippen molar-refractivity contribution in [2.75, 3.05) is 40.3 Å². The number of hydrogen-bond donors (Lipinski definition) is 0. The lowest BCUT2D eigenvalue weighted by molar-refractivity contribution is 0.147. The summed E-state index contributed by atoms with van der Waals surface area (Å²) in [5, 5.41) is 0. The van der Waals surface area contributed by atoms with Gasteiger partial charge in [-0.3, -0.25) is 0 Å². The molecule has 2 amide bonds. The lowest BCUT2D eigenvalue weighted by atomic mass is 10.1. The number of amides is 2. The molecule has 3 rings (SSSR count). The summed E-state index contributed by atoms with van der Waals surface area (Å²) in [6, 6.07) is 6.83. The number of piperazine rings is 1. The van der Waals surface area contributed by atoms with Gasteiger partial charge in [-0.2, -0.15) is 8.42 Å². The van der Waals surface area contributed by atoms with Gasteiger partial charge in [-0.1, -0.05) is 12.1 Å². The van der Waals surface area contributed by atoms with Crippen LogP contribution in [0.2, 0.25) is 0 Å². The summed E-state index contributed by atoms with van der Waals surface area (Å²) in [5.41, 5.74) is 0.648. The van der Waals surface area contributed by atoms with Crippen LogP contribution in [0.15, 0.2) is 33.6 Å². The van der Waals surface area contributed by atoms with Crippen LogP contribution in [-0.4, -0.2) is 75.3 Å². The van der Waals surface area contributed by atoms with E-state index in [4.69, 9.17) is 0 Å². The highest BCUT2D eigenvalue weighted by Crippen LogP contribution is 2.27. The molecular weight excluding hydrogens is 304 g/mol. The molecule has 1 saturated heterocycles. The van der Waals surface area contributed by atoms with Crippen molar-refractivity contribution in [1.82, 2.24) is 14.7 Å². The van der Waals surface area contributed by atoms with Gasteiger partial charge in [-0.25, -0.2) is 4.79 Å². The van der Waals surface area contributed by atoms with E-state index in [0.717, 1.165) is 0 Å². The molecule has 2 aliphatic rings. The molecule has 0 N–H and O–H groups in total. The molecule has 0 spiro atoms. The molecule has 118 valence electrons. The number of urea groups is 1. The van der Waals surface area contributed by atoms with Crippen molar-refractivity contribution in [3.63, 3.8) is 0 Å². The fourth-order valence-electron chi connectivity index (χ4n) is 2.71. The van der Waals surface area contributed by atoms with E-state index in [2.05, 4.69) is 4.40 Å². The first kappa shape index (κ1) is 14.8. The average Bonchev–Trinajstić information content (AvgIpc) is 2.79. The molecule has 2 heterocycles. The van der Waals surface area contributed by atoms with Crippen LogP contribution < -0.4 is 0 Å². The number of sulfonamides is 1. The van der Waals surface area contributed by atoms with Crippen molar-refractivity contribution in [2.24, 2.45) is 4.40 Å². The van der Waals surface area contributed by atoms with Crippen LogP contribution in [-0.2, 0) is 10.0 Å². The normalized spacial score (nSPS) is 19.6. The smallest absolute Gasteiger partial charge is 0.319 e. The Morgan fingerprint density at radius 2 is 1.77 bits per heavy atom. The number of fused-ring (bicyclic) bond motifs is 1. The molecule has 7 nitrogen and oxygen atoms in total. The molecule has 0 unspecified atom stereocenters. The zero-order chi connectivity index (χ0) is 15.9. The molecule has 1 aromatic rings. The minimum atomic E-state index is -3.59. The third-order valence-electron chi connectivity index (χ3n) is 3.84. The lowest BCUT2D eigenvalue weighted by Gasteiger charge is -2.36. The van der Waals surface area contributed by atoms with Crippen LogP contribution >= 0.6 is 0 Å². The Labute approximate surface area is 129 Å². The molecule has 0 atom stereocenters. The predicted molar refractivity (Wildman–Crippen MR) is 82.4 cm³/mol. The second-order valence-corrected chi connectivity index (χ2v) is 7.11. The Morgan fingerprint density at radius 3 is 2.41 bits per heavy atom. The molecule has 0 bridgehead atoms. The average molecular weight is 322 g/mol. The van der Waals surface area contributed by atoms with E-state index in [1.54, 1.807) is 48.2 Å². The minimum absolute atomic E-state index is 0.0268. The van der Waals surface area contributed by atoms with Gasteiger partial charge in [0.1, 0.15) is 4.90 Å². The molecule has 0 radical (unpaired) electrons. The van der Waals surface area contributed by atoms with Crippen LogP contribution in [0.1, 0.15) is 5.56 Å². The highest BCUT2D eigenvalue weighted by molar-refractivity contribution is 7.90. The first-order chi connectivity index (χ1) is 10.4. The largest absolute Gasteiger partial charge is 0.352 e. The van der Waals surface area contributed by atoms with E-state index in [0.29, 0.717) is 37.6 Å². The molecule has 1 aromatic carbocycles. The fraction of sp³-hybridized carbons (Fsp3) is 0.429. The number of nitrogens with zero attached hydrogens (tertiary/aromatic N) is 4. The SMILES string of the molecule is CN(C)C(=O)N1CCN(C2=NS(=O)(=O)c3ccccc32)CC1. The maximum Gasteiger partial charge on any atom is 0.319 e. The van der Waals surface area contributed by atoms with Crippen molar-refractivity contribution in [3.8, 4) is 0 Å². The summed E-state index contributed by atoms with van der Waals surface area (Å²) in [4.78, 5) is 17.4. The molecular formula is C14H18N4O3S. The zero-order valence-corrected chi connectivity index (χ0v) is 13.4. The van der Waals surface area contributed by atoms with Crippen molar-refractivity contribution in [3.05, 3.63) is 29.8 Å². The monoisotopic (exact) mass is 322 g/mol. The van der Waals surface area contributed by atoms with Crippen LogP contribution in [0.4, 0.5) is 4.79 Å². The van der Waals surface area contributed by atoms with E-state index in [9.17, 15) is 13.2 Å². The van der Waals surface area contributed by atoms with Crippen molar-refractivity contribution < 1.29 is 13.2 Å². The van der Waals surface area contributed by atoms with E-state index < -0.39 is 10.0 Å². The van der Waals surface area contributed by atoms with Gasteiger partial charge >= 0.3 is 6.03 Å². The van der Waals surface area contributed by atoms with Gasteiger partial charge in [0.05, 0.1) is 0 Å². The second-order valence-electron chi connectivity index (χ2n) is 5.54. The van der Waals surface area contributed by atoms with E-state index in [-0.39, 0.29) is 10.9 Å². The number of carbonyl (C=O) groups is 1. The fourth-order valence-corrected chi connectivity index (χ4v) is 3.94. The summed E-state index contributed by atoms with van der Waals surface area (Å²) in [6.07, 6.45) is 0. The zero-order valence-electron chi connectivity index (χ0n) is 12.6. The Kier molecular flexibility index (Phi) is 3.56. The molecule has 0 aliphatic carbocycles. The minimum Gasteiger partial charge on any atom is -0.352 e. The van der Waals surface area contributed by atoms with Crippen LogP contribution in [0.3, 0.4) is 0 Å². The number of benzene rings is 1. The summed E-state index contributed by atoms with van der Waals surface area (Å²) < 4.78 is 28.1. The van der Waals surface area contributed by atoms with E-state index in [1.165, 1.54) is 0 Å². The molecule has 0 saturated carbocycles. The number of carbonyl (C=O) groups excluding carboxylic acids is 1. The van der Waals surface area contributed by atoms with Gasteiger partial charge in [-0.15, -0.1) is 4.40 Å². The Hall–Kier alpha value is -2.09. The Bertz CT molecular complexity index is 734. The van der Waals surface area contributed by atoms with Gasteiger partial charge in [0, 0.05) is 45.8 Å². The van der Waals surface area contributed by atoms with Crippen LogP contribution in [0.25, 0.3) is 0 Å². The third kappa shape index (κ3) is 2.43. The van der Waals surface area contributed by atoms with Gasteiger partial charge in [-0.05, 0) is 12.1 Å². The van der Waals surface area contributed by atoms with Gasteiger partial charge < -0.3 is 14.7 Å². The topological polar surface area (TPSA) is 73.3 Å². The predicted octanol–water partition coefficient (Wildman–Crippen LogP) is 0.435. The Morgan fingerprint density at radius 1 is 1.14 bits per heavy atom. The third-order valence-corrected chi connectivity index (χ3v) is 5.17. The first-order valence-electron chi connectivity index (χ1n) is 7.06. The molecule has 8 heteroatoms.